The van der Waals surface area contributed by atoms with Gasteiger partial charge in [0, 0.05) is 37.7 Å². The molecule has 5 nitrogen and oxygen atoms in total. The average molecular weight is 310 g/mol. The molecule has 21 heavy (non-hydrogen) atoms. The Balaban J connectivity index is 2.33. The summed E-state index contributed by atoms with van der Waals surface area (Å²) in [4.78, 5) is 14.1. The number of sulfonamides is 1. The van der Waals surface area contributed by atoms with Gasteiger partial charge in [0.2, 0.25) is 10.0 Å². The number of Topliss-reactive ketones (excluding diaryl/α,β-unsaturated/α-hetero) is 1. The van der Waals surface area contributed by atoms with Crippen molar-refractivity contribution in [3.8, 4) is 0 Å². The lowest BCUT2D eigenvalue weighted by atomic mass is 10.1. The first-order valence-electron chi connectivity index (χ1n) is 7.20. The Morgan fingerprint density at radius 3 is 2.67 bits per heavy atom. The van der Waals surface area contributed by atoms with Crippen molar-refractivity contribution in [2.75, 3.05) is 26.7 Å². The molecule has 0 aromatic heterocycles. The highest BCUT2D eigenvalue weighted by Gasteiger charge is 2.32. The standard InChI is InChI=1S/C15H22N2O3S/c1-4-15(18)13-6-5-7-14(10-13)21(19,20)17-9-8-16(3)11-12(17)2/h5-7,10,12H,4,8-9,11H2,1-3H3. The first-order chi connectivity index (χ1) is 9.86. The van der Waals surface area contributed by atoms with Gasteiger partial charge in [-0.3, -0.25) is 4.79 Å². The molecule has 0 saturated carbocycles. The van der Waals surface area contributed by atoms with E-state index in [9.17, 15) is 13.2 Å². The lowest BCUT2D eigenvalue weighted by Gasteiger charge is -2.37. The smallest absolute Gasteiger partial charge is 0.243 e. The third kappa shape index (κ3) is 3.33. The summed E-state index contributed by atoms with van der Waals surface area (Å²) in [5, 5.41) is 0. The van der Waals surface area contributed by atoms with E-state index in [0.717, 1.165) is 6.54 Å². The summed E-state index contributed by atoms with van der Waals surface area (Å²) in [6.07, 6.45) is 0.369. The van der Waals surface area contributed by atoms with E-state index in [-0.39, 0.29) is 16.7 Å². The van der Waals surface area contributed by atoms with Crippen LogP contribution < -0.4 is 0 Å². The van der Waals surface area contributed by atoms with E-state index in [1.165, 1.54) is 10.4 Å². The van der Waals surface area contributed by atoms with Crippen LogP contribution in [0, 0.1) is 0 Å². The molecule has 1 aromatic rings. The van der Waals surface area contributed by atoms with Gasteiger partial charge < -0.3 is 4.90 Å². The second-order valence-electron chi connectivity index (χ2n) is 5.53. The van der Waals surface area contributed by atoms with Gasteiger partial charge in [-0.1, -0.05) is 19.1 Å². The average Bonchev–Trinajstić information content (AvgIpc) is 2.46. The number of carbonyl (C=O) groups excluding carboxylic acids is 1. The first-order valence-corrected chi connectivity index (χ1v) is 8.64. The van der Waals surface area contributed by atoms with Crippen LogP contribution in [0.4, 0.5) is 0 Å². The van der Waals surface area contributed by atoms with Crippen molar-refractivity contribution in [3.63, 3.8) is 0 Å². The number of piperazine rings is 1. The van der Waals surface area contributed by atoms with Crippen molar-refractivity contribution in [1.29, 1.82) is 0 Å². The SMILES string of the molecule is CCC(=O)c1cccc(S(=O)(=O)N2CCN(C)CC2C)c1. The molecule has 0 aliphatic carbocycles. The zero-order valence-corrected chi connectivity index (χ0v) is 13.6. The monoisotopic (exact) mass is 310 g/mol. The summed E-state index contributed by atoms with van der Waals surface area (Å²) in [7, 11) is -1.56. The Bertz CT molecular complexity index is 628. The molecule has 0 bridgehead atoms. The molecule has 1 aromatic carbocycles. The predicted molar refractivity (Wildman–Crippen MR) is 81.9 cm³/mol. The van der Waals surface area contributed by atoms with Crippen LogP contribution in [-0.4, -0.2) is 56.1 Å². The Morgan fingerprint density at radius 2 is 2.05 bits per heavy atom. The zero-order valence-electron chi connectivity index (χ0n) is 12.7. The highest BCUT2D eigenvalue weighted by atomic mass is 32.2. The van der Waals surface area contributed by atoms with Crippen LogP contribution in [0.1, 0.15) is 30.6 Å². The molecule has 0 N–H and O–H groups in total. The third-order valence-electron chi connectivity index (χ3n) is 3.85. The molecule has 1 atom stereocenters. The van der Waals surface area contributed by atoms with E-state index in [4.69, 9.17) is 0 Å². The van der Waals surface area contributed by atoms with Crippen LogP contribution in [0.2, 0.25) is 0 Å². The molecule has 0 radical (unpaired) electrons. The van der Waals surface area contributed by atoms with Crippen molar-refractivity contribution in [2.45, 2.75) is 31.2 Å². The molecule has 1 aliphatic heterocycles. The number of ketones is 1. The lowest BCUT2D eigenvalue weighted by molar-refractivity contribution is 0.0988. The van der Waals surface area contributed by atoms with E-state index < -0.39 is 10.0 Å². The Kier molecular flexibility index (Phi) is 4.81. The maximum Gasteiger partial charge on any atom is 0.243 e. The summed E-state index contributed by atoms with van der Waals surface area (Å²) >= 11 is 0. The second kappa shape index (κ2) is 6.25. The molecule has 0 spiro atoms. The number of nitrogens with zero attached hydrogens (tertiary/aromatic N) is 2. The van der Waals surface area contributed by atoms with Gasteiger partial charge in [-0.2, -0.15) is 4.31 Å². The van der Waals surface area contributed by atoms with E-state index in [1.807, 2.05) is 14.0 Å². The Morgan fingerprint density at radius 1 is 1.33 bits per heavy atom. The van der Waals surface area contributed by atoms with Gasteiger partial charge in [0.15, 0.2) is 5.78 Å². The number of hydrogen-bond donors (Lipinski definition) is 0. The topological polar surface area (TPSA) is 57.7 Å². The molecule has 6 heteroatoms. The number of carbonyl (C=O) groups is 1. The number of likely N-dealkylation sites (N-methyl/N-ethyl adjacent to an activating group) is 1. The number of benzene rings is 1. The normalized spacial score (nSPS) is 21.4. The minimum atomic E-state index is -3.54. The number of hydrogen-bond acceptors (Lipinski definition) is 4. The van der Waals surface area contributed by atoms with Crippen molar-refractivity contribution < 1.29 is 13.2 Å². The summed E-state index contributed by atoms with van der Waals surface area (Å²) in [5.41, 5.74) is 0.459. The fraction of sp³-hybridized carbons (Fsp3) is 0.533. The van der Waals surface area contributed by atoms with E-state index in [2.05, 4.69) is 4.90 Å². The van der Waals surface area contributed by atoms with Gasteiger partial charge in [0.25, 0.3) is 0 Å². The molecule has 1 unspecified atom stereocenters. The van der Waals surface area contributed by atoms with Gasteiger partial charge in [-0.25, -0.2) is 8.42 Å². The van der Waals surface area contributed by atoms with Crippen molar-refractivity contribution >= 4 is 15.8 Å². The number of rotatable bonds is 4. The zero-order chi connectivity index (χ0) is 15.6. The maximum absolute atomic E-state index is 12.8. The molecule has 0 amide bonds. The summed E-state index contributed by atoms with van der Waals surface area (Å²) in [6.45, 7) is 5.59. The van der Waals surface area contributed by atoms with Crippen LogP contribution in [0.15, 0.2) is 29.2 Å². The highest BCUT2D eigenvalue weighted by Crippen LogP contribution is 2.22. The molecular weight excluding hydrogens is 288 g/mol. The minimum Gasteiger partial charge on any atom is -0.303 e. The summed E-state index contributed by atoms with van der Waals surface area (Å²) < 4.78 is 27.1. The van der Waals surface area contributed by atoms with Crippen LogP contribution in [0.5, 0.6) is 0 Å². The quantitative estimate of drug-likeness (QED) is 0.793. The second-order valence-corrected chi connectivity index (χ2v) is 7.42. The minimum absolute atomic E-state index is 0.0431. The first kappa shape index (κ1) is 16.1. The highest BCUT2D eigenvalue weighted by molar-refractivity contribution is 7.89. The van der Waals surface area contributed by atoms with Gasteiger partial charge in [-0.15, -0.1) is 0 Å². The van der Waals surface area contributed by atoms with Crippen LogP contribution in [0.3, 0.4) is 0 Å². The van der Waals surface area contributed by atoms with Gasteiger partial charge in [-0.05, 0) is 26.1 Å². The van der Waals surface area contributed by atoms with Crippen molar-refractivity contribution in [1.82, 2.24) is 9.21 Å². The lowest BCUT2D eigenvalue weighted by Crippen LogP contribution is -2.52. The largest absolute Gasteiger partial charge is 0.303 e. The fourth-order valence-corrected chi connectivity index (χ4v) is 4.31. The van der Waals surface area contributed by atoms with Gasteiger partial charge in [0.05, 0.1) is 4.90 Å². The Labute approximate surface area is 126 Å². The molecule has 116 valence electrons. The van der Waals surface area contributed by atoms with Crippen molar-refractivity contribution in [3.05, 3.63) is 29.8 Å². The molecule has 2 rings (SSSR count). The van der Waals surface area contributed by atoms with Gasteiger partial charge >= 0.3 is 0 Å². The van der Waals surface area contributed by atoms with Crippen LogP contribution in [0.25, 0.3) is 0 Å². The van der Waals surface area contributed by atoms with Crippen LogP contribution in [-0.2, 0) is 10.0 Å². The van der Waals surface area contributed by atoms with E-state index >= 15 is 0 Å². The third-order valence-corrected chi connectivity index (χ3v) is 5.86. The Hall–Kier alpha value is -1.24. The molecule has 1 aliphatic rings. The molecule has 1 fully saturated rings. The summed E-state index contributed by atoms with van der Waals surface area (Å²) in [5.74, 6) is -0.0431. The van der Waals surface area contributed by atoms with Crippen molar-refractivity contribution in [2.24, 2.45) is 0 Å². The molecule has 1 heterocycles. The van der Waals surface area contributed by atoms with Crippen LogP contribution >= 0.6 is 0 Å². The van der Waals surface area contributed by atoms with Gasteiger partial charge in [0.1, 0.15) is 0 Å². The van der Waals surface area contributed by atoms with E-state index in [1.54, 1.807) is 25.1 Å². The molecule has 1 saturated heterocycles. The molecular formula is C15H22N2O3S. The predicted octanol–water partition coefficient (Wildman–Crippen LogP) is 1.60. The maximum atomic E-state index is 12.8. The summed E-state index contributed by atoms with van der Waals surface area (Å²) in [6, 6.07) is 6.28. The fourth-order valence-electron chi connectivity index (χ4n) is 2.65. The van der Waals surface area contributed by atoms with E-state index in [0.29, 0.717) is 25.1 Å².